The van der Waals surface area contributed by atoms with Crippen molar-refractivity contribution >= 4 is 12.0 Å². The predicted molar refractivity (Wildman–Crippen MR) is 66.2 cm³/mol. The van der Waals surface area contributed by atoms with Crippen LogP contribution in [-0.2, 0) is 0 Å². The average Bonchev–Trinajstić information content (AvgIpc) is 2.39. The highest BCUT2D eigenvalue weighted by Crippen LogP contribution is 2.17. The van der Waals surface area contributed by atoms with Gasteiger partial charge in [-0.05, 0) is 18.7 Å². The second-order valence-corrected chi connectivity index (χ2v) is 4.13. The summed E-state index contributed by atoms with van der Waals surface area (Å²) in [6.07, 6.45) is 0.909. The first kappa shape index (κ1) is 11.1. The molecule has 0 amide bonds. The number of benzene rings is 1. The van der Waals surface area contributed by atoms with Crippen LogP contribution in [0.2, 0.25) is 0 Å². The molecule has 86 valence electrons. The molecule has 1 heterocycles. The summed E-state index contributed by atoms with van der Waals surface area (Å²) >= 11 is 0. The fraction of sp³-hybridized carbons (Fsp3) is 0.462. The molecule has 0 spiro atoms. The summed E-state index contributed by atoms with van der Waals surface area (Å²) in [4.78, 5) is 15.5. The fourth-order valence-corrected chi connectivity index (χ4v) is 2.12. The second-order valence-electron chi connectivity index (χ2n) is 4.13. The Balaban J connectivity index is 2.05. The highest BCUT2D eigenvalue weighted by atomic mass is 16.1. The number of carbonyl (C=O) groups is 1. The van der Waals surface area contributed by atoms with Gasteiger partial charge in [0.2, 0.25) is 0 Å². The zero-order valence-corrected chi connectivity index (χ0v) is 9.72. The third kappa shape index (κ3) is 2.42. The minimum atomic E-state index is 0.760. The topological polar surface area (TPSA) is 23.6 Å². The molecule has 0 N–H and O–H groups in total. The van der Waals surface area contributed by atoms with Gasteiger partial charge in [0.05, 0.1) is 0 Å². The van der Waals surface area contributed by atoms with Crippen molar-refractivity contribution in [2.24, 2.45) is 0 Å². The first-order chi connectivity index (χ1) is 7.83. The quantitative estimate of drug-likeness (QED) is 0.721. The lowest BCUT2D eigenvalue weighted by molar-refractivity contribution is 0.112. The first-order valence-electron chi connectivity index (χ1n) is 5.86. The third-order valence-electron chi connectivity index (χ3n) is 3.19. The van der Waals surface area contributed by atoms with E-state index in [0.717, 1.165) is 44.6 Å². The molecule has 0 atom stereocenters. The molecule has 16 heavy (non-hydrogen) atoms. The van der Waals surface area contributed by atoms with Gasteiger partial charge in [0.15, 0.2) is 0 Å². The summed E-state index contributed by atoms with van der Waals surface area (Å²) in [7, 11) is 0. The van der Waals surface area contributed by atoms with Crippen molar-refractivity contribution in [3.05, 3.63) is 29.8 Å². The van der Waals surface area contributed by atoms with Crippen LogP contribution in [0.5, 0.6) is 0 Å². The number of carbonyl (C=O) groups excluding carboxylic acids is 1. The van der Waals surface area contributed by atoms with Gasteiger partial charge >= 0.3 is 0 Å². The van der Waals surface area contributed by atoms with E-state index in [4.69, 9.17) is 0 Å². The van der Waals surface area contributed by atoms with Gasteiger partial charge in [0.25, 0.3) is 0 Å². The van der Waals surface area contributed by atoms with E-state index in [1.807, 2.05) is 18.2 Å². The van der Waals surface area contributed by atoms with E-state index in [1.54, 1.807) is 0 Å². The number of piperazine rings is 1. The SMILES string of the molecule is CCN1CCN(c2cccc(C=O)c2)CC1. The second kappa shape index (κ2) is 5.12. The normalized spacial score (nSPS) is 17.4. The maximum Gasteiger partial charge on any atom is 0.150 e. The summed E-state index contributed by atoms with van der Waals surface area (Å²) in [6.45, 7) is 7.65. The van der Waals surface area contributed by atoms with Gasteiger partial charge in [-0.25, -0.2) is 0 Å². The van der Waals surface area contributed by atoms with Crippen LogP contribution < -0.4 is 4.90 Å². The Hall–Kier alpha value is -1.35. The molecule has 1 aliphatic heterocycles. The van der Waals surface area contributed by atoms with E-state index >= 15 is 0 Å². The number of likely N-dealkylation sites (N-methyl/N-ethyl adjacent to an activating group) is 1. The number of hydrogen-bond acceptors (Lipinski definition) is 3. The summed E-state index contributed by atoms with van der Waals surface area (Å²) < 4.78 is 0. The van der Waals surface area contributed by atoms with E-state index in [1.165, 1.54) is 5.69 Å². The molecule has 0 bridgehead atoms. The van der Waals surface area contributed by atoms with Crippen LogP contribution in [0.3, 0.4) is 0 Å². The Bertz CT molecular complexity index is 357. The Kier molecular flexibility index (Phi) is 3.57. The number of aldehydes is 1. The Morgan fingerprint density at radius 2 is 2.00 bits per heavy atom. The average molecular weight is 218 g/mol. The lowest BCUT2D eigenvalue weighted by atomic mass is 10.2. The van der Waals surface area contributed by atoms with Crippen LogP contribution in [0.4, 0.5) is 5.69 Å². The molecule has 0 aromatic heterocycles. The van der Waals surface area contributed by atoms with Gasteiger partial charge in [-0.2, -0.15) is 0 Å². The Labute approximate surface area is 96.7 Å². The third-order valence-corrected chi connectivity index (χ3v) is 3.19. The molecule has 2 rings (SSSR count). The van der Waals surface area contributed by atoms with E-state index in [9.17, 15) is 4.79 Å². The van der Waals surface area contributed by atoms with Crippen LogP contribution in [-0.4, -0.2) is 43.9 Å². The van der Waals surface area contributed by atoms with Crippen LogP contribution in [0.25, 0.3) is 0 Å². The molecule has 1 saturated heterocycles. The molecule has 0 radical (unpaired) electrons. The maximum absolute atomic E-state index is 10.7. The predicted octanol–water partition coefficient (Wildman–Crippen LogP) is 1.64. The lowest BCUT2D eigenvalue weighted by Crippen LogP contribution is -2.46. The standard InChI is InChI=1S/C13H18N2O/c1-2-14-6-8-15(9-7-14)13-5-3-4-12(10-13)11-16/h3-5,10-11H,2,6-9H2,1H3. The smallest absolute Gasteiger partial charge is 0.150 e. The largest absolute Gasteiger partial charge is 0.369 e. The molecule has 1 fully saturated rings. The number of anilines is 1. The van der Waals surface area contributed by atoms with E-state index in [0.29, 0.717) is 0 Å². The Morgan fingerprint density at radius 1 is 1.25 bits per heavy atom. The number of rotatable bonds is 3. The highest BCUT2D eigenvalue weighted by Gasteiger charge is 2.15. The van der Waals surface area contributed by atoms with Crippen LogP contribution >= 0.6 is 0 Å². The molecule has 0 aliphatic carbocycles. The van der Waals surface area contributed by atoms with E-state index in [2.05, 4.69) is 22.8 Å². The minimum Gasteiger partial charge on any atom is -0.369 e. The summed E-state index contributed by atoms with van der Waals surface area (Å²) in [5.74, 6) is 0. The zero-order valence-electron chi connectivity index (χ0n) is 9.72. The minimum absolute atomic E-state index is 0.760. The number of hydrogen-bond donors (Lipinski definition) is 0. The molecule has 0 unspecified atom stereocenters. The Morgan fingerprint density at radius 3 is 2.62 bits per heavy atom. The molecule has 3 nitrogen and oxygen atoms in total. The highest BCUT2D eigenvalue weighted by molar-refractivity contribution is 5.77. The van der Waals surface area contributed by atoms with Gasteiger partial charge in [0, 0.05) is 37.4 Å². The molecular weight excluding hydrogens is 200 g/mol. The summed E-state index contributed by atoms with van der Waals surface area (Å²) in [5, 5.41) is 0. The van der Waals surface area contributed by atoms with Crippen molar-refractivity contribution in [2.75, 3.05) is 37.6 Å². The molecular formula is C13H18N2O. The van der Waals surface area contributed by atoms with Crippen molar-refractivity contribution in [1.82, 2.24) is 4.90 Å². The molecule has 1 aromatic rings. The lowest BCUT2D eigenvalue weighted by Gasteiger charge is -2.35. The van der Waals surface area contributed by atoms with Crippen LogP contribution in [0.15, 0.2) is 24.3 Å². The first-order valence-corrected chi connectivity index (χ1v) is 5.86. The summed E-state index contributed by atoms with van der Waals surface area (Å²) in [6, 6.07) is 7.84. The van der Waals surface area contributed by atoms with Crippen LogP contribution in [0.1, 0.15) is 17.3 Å². The zero-order chi connectivity index (χ0) is 11.4. The van der Waals surface area contributed by atoms with Gasteiger partial charge in [-0.3, -0.25) is 4.79 Å². The van der Waals surface area contributed by atoms with E-state index < -0.39 is 0 Å². The number of nitrogens with zero attached hydrogens (tertiary/aromatic N) is 2. The van der Waals surface area contributed by atoms with E-state index in [-0.39, 0.29) is 0 Å². The molecule has 1 aromatic carbocycles. The van der Waals surface area contributed by atoms with Crippen molar-refractivity contribution in [2.45, 2.75) is 6.92 Å². The molecule has 1 aliphatic rings. The monoisotopic (exact) mass is 218 g/mol. The fourth-order valence-electron chi connectivity index (χ4n) is 2.12. The molecule has 3 heteroatoms. The maximum atomic E-state index is 10.7. The van der Waals surface area contributed by atoms with Gasteiger partial charge in [-0.1, -0.05) is 19.1 Å². The van der Waals surface area contributed by atoms with Crippen molar-refractivity contribution in [3.63, 3.8) is 0 Å². The molecule has 0 saturated carbocycles. The summed E-state index contributed by atoms with van der Waals surface area (Å²) in [5.41, 5.74) is 1.93. The van der Waals surface area contributed by atoms with Gasteiger partial charge in [-0.15, -0.1) is 0 Å². The van der Waals surface area contributed by atoms with Crippen molar-refractivity contribution < 1.29 is 4.79 Å². The van der Waals surface area contributed by atoms with Gasteiger partial charge in [0.1, 0.15) is 6.29 Å². The van der Waals surface area contributed by atoms with Crippen LogP contribution in [0, 0.1) is 0 Å². The van der Waals surface area contributed by atoms with Crippen molar-refractivity contribution in [3.8, 4) is 0 Å². The van der Waals surface area contributed by atoms with Crippen molar-refractivity contribution in [1.29, 1.82) is 0 Å². The van der Waals surface area contributed by atoms with Gasteiger partial charge < -0.3 is 9.80 Å².